The van der Waals surface area contributed by atoms with Crippen LogP contribution in [0, 0.1) is 75.9 Å². The molecule has 0 amide bonds. The third-order valence-electron chi connectivity index (χ3n) is 24.6. The second kappa shape index (κ2) is 30.2. The summed E-state index contributed by atoms with van der Waals surface area (Å²) in [7, 11) is 0. The molecule has 3 atom stereocenters. The summed E-state index contributed by atoms with van der Waals surface area (Å²) in [5.41, 5.74) is 1.48. The van der Waals surface area contributed by atoms with Gasteiger partial charge in [-0.15, -0.1) is 0 Å². The first-order valence-corrected chi connectivity index (χ1v) is 35.6. The largest absolute Gasteiger partial charge is 0.456 e. The average molecular weight is 1220 g/mol. The van der Waals surface area contributed by atoms with E-state index < -0.39 is 0 Å². The molecule has 498 valence electrons. The first kappa shape index (κ1) is 73.1. The van der Waals surface area contributed by atoms with Crippen LogP contribution in [0.15, 0.2) is 60.8 Å². The van der Waals surface area contributed by atoms with Gasteiger partial charge in [0.2, 0.25) is 0 Å². The van der Waals surface area contributed by atoms with Crippen molar-refractivity contribution in [2.45, 2.75) is 324 Å². The van der Waals surface area contributed by atoms with Gasteiger partial charge in [0.25, 0.3) is 0 Å². The lowest BCUT2D eigenvalue weighted by molar-refractivity contribution is -0.209. The summed E-state index contributed by atoms with van der Waals surface area (Å²) in [5.74, 6) is 7.44. The molecule has 12 aliphatic rings. The van der Waals surface area contributed by atoms with Gasteiger partial charge in [0, 0.05) is 44.6 Å². The van der Waals surface area contributed by atoms with E-state index in [0.29, 0.717) is 45.6 Å². The van der Waals surface area contributed by atoms with Crippen molar-refractivity contribution in [2.24, 2.45) is 75.9 Å². The Morgan fingerprint density at radius 3 is 1.05 bits per heavy atom. The molecule has 12 aliphatic carbocycles. The summed E-state index contributed by atoms with van der Waals surface area (Å²) in [6.45, 7) is 48.1. The number of hydrogen-bond acceptors (Lipinski definition) is 10. The Morgan fingerprint density at radius 1 is 0.364 bits per heavy atom. The van der Waals surface area contributed by atoms with E-state index in [9.17, 15) is 24.0 Å². The number of carbonyl (C=O) groups excluding carboxylic acids is 5. The van der Waals surface area contributed by atoms with Gasteiger partial charge in [0.05, 0.1) is 0 Å². The smallest absolute Gasteiger partial charge is 0.333 e. The van der Waals surface area contributed by atoms with Crippen molar-refractivity contribution < 1.29 is 47.7 Å². The average Bonchev–Trinajstić information content (AvgIpc) is 0.860. The SMILES string of the molecule is C=C(C)C(=O)OC(C)(C)C12CC3CC(CC(C3)C1)C2.C=C(C)C(=O)OC(C)(C)C1CC2CCC1C2.C=C(C)C(=O)OC(C)(C)C1CCCCC1.C=C(C)C(=O)OC(CC)(CC)C12CC3CC(CC(C3)C1)C2.C=C(C)C(=O)OC(CC)(CC)C1CCCCC1. The fraction of sp³-hybridized carbons (Fsp3) is 0.808. The molecule has 10 heteroatoms. The molecule has 0 aliphatic heterocycles. The van der Waals surface area contributed by atoms with E-state index in [2.05, 4.69) is 88.3 Å². The van der Waals surface area contributed by atoms with Crippen molar-refractivity contribution in [3.8, 4) is 0 Å². The summed E-state index contributed by atoms with van der Waals surface area (Å²) in [4.78, 5) is 59.1. The lowest BCUT2D eigenvalue weighted by Gasteiger charge is -2.63. The Labute approximate surface area is 536 Å². The molecule has 0 aromatic heterocycles. The molecule has 0 N–H and O–H groups in total. The maximum Gasteiger partial charge on any atom is 0.333 e. The van der Waals surface area contributed by atoms with Crippen LogP contribution in [-0.2, 0) is 47.7 Å². The molecular weight excluding hydrogens is 1100 g/mol. The van der Waals surface area contributed by atoms with Gasteiger partial charge >= 0.3 is 29.8 Å². The zero-order valence-corrected chi connectivity index (χ0v) is 58.7. The van der Waals surface area contributed by atoms with Crippen LogP contribution in [0.3, 0.4) is 0 Å². The van der Waals surface area contributed by atoms with Gasteiger partial charge in [0.1, 0.15) is 28.0 Å². The van der Waals surface area contributed by atoms with Crippen molar-refractivity contribution >= 4 is 29.8 Å². The minimum absolute atomic E-state index is 0.186. The van der Waals surface area contributed by atoms with Crippen LogP contribution in [-0.4, -0.2) is 57.9 Å². The Kier molecular flexibility index (Phi) is 25.1. The first-order valence-electron chi connectivity index (χ1n) is 35.6. The summed E-state index contributed by atoms with van der Waals surface area (Å²) in [6, 6.07) is 0. The summed E-state index contributed by atoms with van der Waals surface area (Å²) in [5, 5.41) is 0. The van der Waals surface area contributed by atoms with E-state index in [-0.39, 0.29) is 68.7 Å². The van der Waals surface area contributed by atoms with Gasteiger partial charge < -0.3 is 23.7 Å². The molecule has 0 spiro atoms. The molecule has 10 bridgehead atoms. The number of ether oxygens (including phenoxy) is 5. The van der Waals surface area contributed by atoms with Crippen LogP contribution in [0.1, 0.15) is 296 Å². The molecule has 0 heterocycles. The molecule has 12 saturated carbocycles. The molecule has 12 fully saturated rings. The second-order valence-corrected chi connectivity index (χ2v) is 32.4. The second-order valence-electron chi connectivity index (χ2n) is 32.4. The monoisotopic (exact) mass is 1220 g/mol. The van der Waals surface area contributed by atoms with E-state index in [1.807, 2.05) is 13.8 Å². The Bertz CT molecular complexity index is 2410. The molecule has 0 radical (unpaired) electrons. The lowest BCUT2D eigenvalue weighted by atomic mass is 9.44. The molecule has 10 nitrogen and oxygen atoms in total. The van der Waals surface area contributed by atoms with Crippen molar-refractivity contribution in [3.63, 3.8) is 0 Å². The van der Waals surface area contributed by atoms with Crippen LogP contribution in [0.4, 0.5) is 0 Å². The number of hydrogen-bond donors (Lipinski definition) is 0. The van der Waals surface area contributed by atoms with Crippen molar-refractivity contribution in [3.05, 3.63) is 60.8 Å². The highest BCUT2D eigenvalue weighted by molar-refractivity contribution is 5.89. The molecule has 0 aromatic carbocycles. The molecule has 0 saturated heterocycles. The van der Waals surface area contributed by atoms with Crippen molar-refractivity contribution in [2.75, 3.05) is 0 Å². The highest BCUT2D eigenvalue weighted by Gasteiger charge is 2.62. The number of esters is 5. The quantitative estimate of drug-likeness (QED) is 0.0700. The maximum atomic E-state index is 12.2. The number of rotatable bonds is 19. The van der Waals surface area contributed by atoms with Crippen LogP contribution in [0.2, 0.25) is 0 Å². The summed E-state index contributed by atoms with van der Waals surface area (Å²) < 4.78 is 28.9. The van der Waals surface area contributed by atoms with Gasteiger partial charge in [-0.25, -0.2) is 24.0 Å². The lowest BCUT2D eigenvalue weighted by Crippen LogP contribution is -2.59. The van der Waals surface area contributed by atoms with E-state index in [4.69, 9.17) is 23.7 Å². The predicted molar refractivity (Wildman–Crippen MR) is 357 cm³/mol. The van der Waals surface area contributed by atoms with Gasteiger partial charge in [-0.1, -0.05) is 106 Å². The van der Waals surface area contributed by atoms with Gasteiger partial charge in [-0.3, -0.25) is 0 Å². The minimum atomic E-state index is -0.348. The van der Waals surface area contributed by atoms with Gasteiger partial charge in [-0.05, 0) is 283 Å². The zero-order valence-electron chi connectivity index (χ0n) is 58.7. The van der Waals surface area contributed by atoms with E-state index >= 15 is 0 Å². The van der Waals surface area contributed by atoms with Gasteiger partial charge in [-0.2, -0.15) is 0 Å². The van der Waals surface area contributed by atoms with E-state index in [0.717, 1.165) is 73.0 Å². The highest BCUT2D eigenvalue weighted by Crippen LogP contribution is 2.67. The predicted octanol–water partition coefficient (Wildman–Crippen LogP) is 20.0. The third kappa shape index (κ3) is 17.4. The molecule has 0 aromatic rings. The molecular formula is C78H126O10. The third-order valence-corrected chi connectivity index (χ3v) is 24.6. The fourth-order valence-corrected chi connectivity index (χ4v) is 20.1. The fourth-order valence-electron chi connectivity index (χ4n) is 20.1. The standard InChI is InChI=1S/C19H30O2.C17H26O2.C15H26O2.C14H22O2.C13H22O2/c1-5-19(6-2,21-17(20)13(3)4)18-10-14-7-15(11-18)9-16(8-14)12-18;1-11(2)15(18)19-16(3,4)17-8-12-5-13(9-17)7-14(6-12)10-17;1-5-15(6-2,17-14(16)12(3)4)13-10-8-7-9-11-13;1-9(2)13(15)16-14(3,4)12-8-10-5-6-11(12)7-10;1-10(2)12(14)15-13(3,4)11-8-6-5-7-9-11/h14-16H,3,5-12H2,1-2,4H3;12-14H,1,5-10H2,2-4H3;13H,3,5-11H2,1-2,4H3;10-12H,1,5-8H2,2-4H3;11H,1,5-9H2,2-4H3. The normalized spacial score (nSPS) is 30.2. The van der Waals surface area contributed by atoms with Crippen LogP contribution in [0.25, 0.3) is 0 Å². The van der Waals surface area contributed by atoms with Gasteiger partial charge in [0.15, 0.2) is 0 Å². The zero-order chi connectivity index (χ0) is 65.4. The van der Waals surface area contributed by atoms with Crippen LogP contribution < -0.4 is 0 Å². The summed E-state index contributed by atoms with van der Waals surface area (Å²) in [6.07, 6.45) is 37.6. The van der Waals surface area contributed by atoms with Crippen LogP contribution in [0.5, 0.6) is 0 Å². The van der Waals surface area contributed by atoms with Crippen molar-refractivity contribution in [1.82, 2.24) is 0 Å². The molecule has 3 unspecified atom stereocenters. The van der Waals surface area contributed by atoms with Crippen molar-refractivity contribution in [1.29, 1.82) is 0 Å². The minimum Gasteiger partial charge on any atom is -0.456 e. The Hall–Kier alpha value is -3.95. The van der Waals surface area contributed by atoms with E-state index in [1.54, 1.807) is 34.6 Å². The maximum absolute atomic E-state index is 12.2. The first-order chi connectivity index (χ1) is 41.1. The number of fused-ring (bicyclic) bond motifs is 2. The Balaban J connectivity index is 0.000000177. The highest BCUT2D eigenvalue weighted by atomic mass is 16.6. The molecule has 12 rings (SSSR count). The molecule has 88 heavy (non-hydrogen) atoms. The summed E-state index contributed by atoms with van der Waals surface area (Å²) >= 11 is 0. The topological polar surface area (TPSA) is 132 Å². The van der Waals surface area contributed by atoms with E-state index in [1.165, 1.54) is 167 Å². The Morgan fingerprint density at radius 2 is 0.705 bits per heavy atom. The van der Waals surface area contributed by atoms with Crippen LogP contribution >= 0.6 is 0 Å². The number of carbonyl (C=O) groups is 5.